The molecule has 1 aromatic rings. The Balaban J connectivity index is 1.95. The van der Waals surface area contributed by atoms with Crippen molar-refractivity contribution in [3.8, 4) is 11.5 Å². The molecular formula is C14H19NO3. The Labute approximate surface area is 107 Å². The van der Waals surface area contributed by atoms with Crippen molar-refractivity contribution in [2.75, 3.05) is 6.79 Å². The molecular weight excluding hydrogens is 230 g/mol. The van der Waals surface area contributed by atoms with Gasteiger partial charge in [0.1, 0.15) is 0 Å². The van der Waals surface area contributed by atoms with Gasteiger partial charge in [-0.1, -0.05) is 12.1 Å². The zero-order valence-corrected chi connectivity index (χ0v) is 11.1. The van der Waals surface area contributed by atoms with Gasteiger partial charge in [0.25, 0.3) is 0 Å². The molecule has 0 aliphatic carbocycles. The zero-order valence-electron chi connectivity index (χ0n) is 11.1. The van der Waals surface area contributed by atoms with Gasteiger partial charge in [-0.15, -0.1) is 0 Å². The number of amides is 1. The number of hydrogen-bond donors (Lipinski definition) is 1. The van der Waals surface area contributed by atoms with E-state index in [0.717, 1.165) is 17.1 Å². The number of rotatable bonds is 3. The highest BCUT2D eigenvalue weighted by molar-refractivity contribution is 5.77. The molecule has 0 fully saturated rings. The van der Waals surface area contributed by atoms with E-state index < -0.39 is 0 Å². The van der Waals surface area contributed by atoms with E-state index in [1.165, 1.54) is 0 Å². The molecule has 4 nitrogen and oxygen atoms in total. The van der Waals surface area contributed by atoms with Gasteiger partial charge in [0, 0.05) is 12.0 Å². The van der Waals surface area contributed by atoms with E-state index in [1.54, 1.807) is 0 Å². The van der Waals surface area contributed by atoms with Gasteiger partial charge in [-0.3, -0.25) is 4.79 Å². The number of ether oxygens (including phenoxy) is 2. The van der Waals surface area contributed by atoms with Crippen LogP contribution in [0.4, 0.5) is 0 Å². The van der Waals surface area contributed by atoms with E-state index in [9.17, 15) is 4.79 Å². The summed E-state index contributed by atoms with van der Waals surface area (Å²) in [6, 6.07) is 5.77. The molecule has 0 spiro atoms. The van der Waals surface area contributed by atoms with Crippen molar-refractivity contribution in [1.82, 2.24) is 5.32 Å². The second-order valence-electron chi connectivity index (χ2n) is 5.45. The van der Waals surface area contributed by atoms with Crippen molar-refractivity contribution in [2.24, 2.45) is 0 Å². The first-order valence-electron chi connectivity index (χ1n) is 6.14. The Bertz CT molecular complexity index is 449. The number of fused-ring (bicyclic) bond motifs is 1. The van der Waals surface area contributed by atoms with Gasteiger partial charge in [-0.05, 0) is 38.8 Å². The van der Waals surface area contributed by atoms with E-state index >= 15 is 0 Å². The summed E-state index contributed by atoms with van der Waals surface area (Å²) in [4.78, 5) is 11.7. The Hall–Kier alpha value is -1.71. The summed E-state index contributed by atoms with van der Waals surface area (Å²) in [6.45, 7) is 6.19. The smallest absolute Gasteiger partial charge is 0.231 e. The van der Waals surface area contributed by atoms with Crippen molar-refractivity contribution in [3.63, 3.8) is 0 Å². The predicted octanol–water partition coefficient (Wildman–Crippen LogP) is 2.26. The molecule has 0 radical (unpaired) electrons. The maximum Gasteiger partial charge on any atom is 0.231 e. The molecule has 18 heavy (non-hydrogen) atoms. The van der Waals surface area contributed by atoms with Crippen molar-refractivity contribution in [3.05, 3.63) is 23.8 Å². The molecule has 0 atom stereocenters. The van der Waals surface area contributed by atoms with Crippen LogP contribution in [0.2, 0.25) is 0 Å². The minimum absolute atomic E-state index is 0.0546. The molecule has 0 aromatic heterocycles. The molecule has 0 saturated heterocycles. The van der Waals surface area contributed by atoms with Crippen LogP contribution in [0.15, 0.2) is 18.2 Å². The summed E-state index contributed by atoms with van der Waals surface area (Å²) in [5, 5.41) is 2.95. The predicted molar refractivity (Wildman–Crippen MR) is 68.8 cm³/mol. The Morgan fingerprint density at radius 1 is 1.33 bits per heavy atom. The van der Waals surface area contributed by atoms with Crippen molar-refractivity contribution >= 4 is 5.91 Å². The molecule has 1 N–H and O–H groups in total. The maximum absolute atomic E-state index is 11.7. The number of para-hydroxylation sites is 1. The normalized spacial score (nSPS) is 13.5. The van der Waals surface area contributed by atoms with Gasteiger partial charge in [0.05, 0.1) is 0 Å². The standard InChI is InChI=1S/C14H19NO3/c1-14(2,3)15-12(16)8-7-10-5-4-6-11-13(10)18-9-17-11/h4-6H,7-9H2,1-3H3,(H,15,16). The Morgan fingerprint density at radius 3 is 2.83 bits per heavy atom. The molecule has 1 aromatic carbocycles. The van der Waals surface area contributed by atoms with Crippen LogP contribution in [0.3, 0.4) is 0 Å². The Morgan fingerprint density at radius 2 is 2.11 bits per heavy atom. The van der Waals surface area contributed by atoms with Gasteiger partial charge in [0.15, 0.2) is 11.5 Å². The van der Waals surface area contributed by atoms with Crippen LogP contribution >= 0.6 is 0 Å². The van der Waals surface area contributed by atoms with E-state index in [4.69, 9.17) is 9.47 Å². The highest BCUT2D eigenvalue weighted by Gasteiger charge is 2.18. The van der Waals surface area contributed by atoms with Crippen LogP contribution in [0.25, 0.3) is 0 Å². The van der Waals surface area contributed by atoms with Crippen LogP contribution in [0.5, 0.6) is 11.5 Å². The molecule has 4 heteroatoms. The lowest BCUT2D eigenvalue weighted by molar-refractivity contribution is -0.122. The fraction of sp³-hybridized carbons (Fsp3) is 0.500. The summed E-state index contributed by atoms with van der Waals surface area (Å²) in [7, 11) is 0. The number of nitrogens with one attached hydrogen (secondary N) is 1. The lowest BCUT2D eigenvalue weighted by Gasteiger charge is -2.20. The minimum atomic E-state index is -0.185. The summed E-state index contributed by atoms with van der Waals surface area (Å²) in [5.74, 6) is 1.60. The van der Waals surface area contributed by atoms with E-state index in [-0.39, 0.29) is 18.2 Å². The third-order valence-corrected chi connectivity index (χ3v) is 2.61. The fourth-order valence-corrected chi connectivity index (χ4v) is 1.92. The average molecular weight is 249 g/mol. The lowest BCUT2D eigenvalue weighted by Crippen LogP contribution is -2.40. The van der Waals surface area contributed by atoms with Crippen LogP contribution in [-0.2, 0) is 11.2 Å². The number of benzene rings is 1. The van der Waals surface area contributed by atoms with E-state index in [1.807, 2.05) is 39.0 Å². The highest BCUT2D eigenvalue weighted by atomic mass is 16.7. The minimum Gasteiger partial charge on any atom is -0.454 e. The second-order valence-corrected chi connectivity index (χ2v) is 5.45. The number of carbonyl (C=O) groups excluding carboxylic acids is 1. The molecule has 1 heterocycles. The fourth-order valence-electron chi connectivity index (χ4n) is 1.92. The van der Waals surface area contributed by atoms with Gasteiger partial charge in [0.2, 0.25) is 12.7 Å². The van der Waals surface area contributed by atoms with Crippen LogP contribution in [-0.4, -0.2) is 18.2 Å². The lowest BCUT2D eigenvalue weighted by atomic mass is 10.1. The molecule has 98 valence electrons. The van der Waals surface area contributed by atoms with E-state index in [2.05, 4.69) is 5.32 Å². The Kier molecular flexibility index (Phi) is 3.45. The van der Waals surface area contributed by atoms with Gasteiger partial charge in [-0.2, -0.15) is 0 Å². The van der Waals surface area contributed by atoms with Crippen molar-refractivity contribution in [1.29, 1.82) is 0 Å². The number of carbonyl (C=O) groups is 1. The summed E-state index contributed by atoms with van der Waals surface area (Å²) in [5.41, 5.74) is 0.837. The molecule has 1 aliphatic rings. The average Bonchev–Trinajstić information content (AvgIpc) is 2.72. The second kappa shape index (κ2) is 4.88. The monoisotopic (exact) mass is 249 g/mol. The third kappa shape index (κ3) is 3.15. The summed E-state index contributed by atoms with van der Waals surface area (Å²) in [6.07, 6.45) is 1.12. The van der Waals surface area contributed by atoms with Gasteiger partial charge < -0.3 is 14.8 Å². The first kappa shape index (κ1) is 12.7. The number of hydrogen-bond acceptors (Lipinski definition) is 3. The summed E-state index contributed by atoms with van der Waals surface area (Å²) >= 11 is 0. The largest absolute Gasteiger partial charge is 0.454 e. The van der Waals surface area contributed by atoms with Crippen molar-refractivity contribution in [2.45, 2.75) is 39.2 Å². The third-order valence-electron chi connectivity index (χ3n) is 2.61. The molecule has 2 rings (SSSR count). The first-order valence-corrected chi connectivity index (χ1v) is 6.14. The topological polar surface area (TPSA) is 47.6 Å². The van der Waals surface area contributed by atoms with Crippen LogP contribution < -0.4 is 14.8 Å². The highest BCUT2D eigenvalue weighted by Crippen LogP contribution is 2.35. The molecule has 1 amide bonds. The van der Waals surface area contributed by atoms with Crippen LogP contribution in [0.1, 0.15) is 32.8 Å². The van der Waals surface area contributed by atoms with Crippen molar-refractivity contribution < 1.29 is 14.3 Å². The van der Waals surface area contributed by atoms with Gasteiger partial charge in [-0.25, -0.2) is 0 Å². The first-order chi connectivity index (χ1) is 8.46. The zero-order chi connectivity index (χ0) is 13.2. The molecule has 0 saturated carbocycles. The van der Waals surface area contributed by atoms with E-state index in [0.29, 0.717) is 12.8 Å². The maximum atomic E-state index is 11.7. The molecule has 0 bridgehead atoms. The van der Waals surface area contributed by atoms with Crippen LogP contribution in [0, 0.1) is 0 Å². The quantitative estimate of drug-likeness (QED) is 0.893. The molecule has 1 aliphatic heterocycles. The molecule has 0 unspecified atom stereocenters. The number of aryl methyl sites for hydroxylation is 1. The SMILES string of the molecule is CC(C)(C)NC(=O)CCc1cccc2c1OCO2. The summed E-state index contributed by atoms with van der Waals surface area (Å²) < 4.78 is 10.7. The van der Waals surface area contributed by atoms with Gasteiger partial charge >= 0.3 is 0 Å².